The van der Waals surface area contributed by atoms with Crippen molar-refractivity contribution in [1.82, 2.24) is 4.90 Å². The van der Waals surface area contributed by atoms with Crippen LogP contribution in [0.2, 0.25) is 0 Å². The van der Waals surface area contributed by atoms with Crippen LogP contribution in [-0.2, 0) is 14.3 Å². The summed E-state index contributed by atoms with van der Waals surface area (Å²) in [4.78, 5) is 25.3. The smallest absolute Gasteiger partial charge is 0.328 e. The van der Waals surface area contributed by atoms with Crippen molar-refractivity contribution in [2.75, 3.05) is 13.2 Å². The standard InChI is InChI=1S/C13H21NO3/c1-4-10(3)9-12(15)14-8-6-7-11(14)13(16)17-5-2/h9,11H,4-8H2,1-3H3/b10-9+. The van der Waals surface area contributed by atoms with Crippen molar-refractivity contribution in [3.05, 3.63) is 11.6 Å². The van der Waals surface area contributed by atoms with Gasteiger partial charge in [-0.1, -0.05) is 12.5 Å². The number of esters is 1. The highest BCUT2D eigenvalue weighted by Crippen LogP contribution is 2.19. The fourth-order valence-electron chi connectivity index (χ4n) is 1.91. The van der Waals surface area contributed by atoms with E-state index in [1.54, 1.807) is 17.9 Å². The Morgan fingerprint density at radius 1 is 1.41 bits per heavy atom. The molecule has 0 spiro atoms. The van der Waals surface area contributed by atoms with Gasteiger partial charge < -0.3 is 9.64 Å². The number of ether oxygens (including phenoxy) is 1. The molecule has 1 amide bonds. The molecule has 0 aromatic rings. The highest BCUT2D eigenvalue weighted by Gasteiger charge is 2.34. The van der Waals surface area contributed by atoms with E-state index in [0.29, 0.717) is 19.6 Å². The number of nitrogens with zero attached hydrogens (tertiary/aromatic N) is 1. The molecule has 0 saturated carbocycles. The second kappa shape index (κ2) is 6.42. The third-order valence-electron chi connectivity index (χ3n) is 3.02. The highest BCUT2D eigenvalue weighted by molar-refractivity contribution is 5.92. The molecule has 4 nitrogen and oxygen atoms in total. The van der Waals surface area contributed by atoms with Gasteiger partial charge >= 0.3 is 5.97 Å². The topological polar surface area (TPSA) is 46.6 Å². The van der Waals surface area contributed by atoms with E-state index in [1.165, 1.54) is 0 Å². The van der Waals surface area contributed by atoms with Crippen molar-refractivity contribution in [2.45, 2.75) is 46.1 Å². The summed E-state index contributed by atoms with van der Waals surface area (Å²) in [6.07, 6.45) is 4.05. The summed E-state index contributed by atoms with van der Waals surface area (Å²) in [6, 6.07) is -0.386. The quantitative estimate of drug-likeness (QED) is 0.556. The van der Waals surface area contributed by atoms with Gasteiger partial charge in [0.1, 0.15) is 6.04 Å². The van der Waals surface area contributed by atoms with Gasteiger partial charge in [-0.25, -0.2) is 4.79 Å². The third kappa shape index (κ3) is 3.58. The molecule has 1 heterocycles. The first-order valence-electron chi connectivity index (χ1n) is 6.24. The van der Waals surface area contributed by atoms with Crippen LogP contribution >= 0.6 is 0 Å². The minimum atomic E-state index is -0.386. The van der Waals surface area contributed by atoms with Crippen molar-refractivity contribution >= 4 is 11.9 Å². The third-order valence-corrected chi connectivity index (χ3v) is 3.02. The Hall–Kier alpha value is -1.32. The zero-order chi connectivity index (χ0) is 12.8. The first kappa shape index (κ1) is 13.7. The number of carbonyl (C=O) groups is 2. The summed E-state index contributed by atoms with van der Waals surface area (Å²) < 4.78 is 4.98. The van der Waals surface area contributed by atoms with E-state index in [9.17, 15) is 9.59 Å². The SMILES string of the molecule is CCOC(=O)C1CCCN1C(=O)/C=C(\C)CC. The number of carbonyl (C=O) groups excluding carboxylic acids is 2. The van der Waals surface area contributed by atoms with Gasteiger partial charge in [-0.05, 0) is 33.1 Å². The number of allylic oxidation sites excluding steroid dienone is 1. The Morgan fingerprint density at radius 2 is 2.12 bits per heavy atom. The van der Waals surface area contributed by atoms with Crippen LogP contribution < -0.4 is 0 Å². The maximum absolute atomic E-state index is 12.0. The van der Waals surface area contributed by atoms with Crippen LogP contribution in [0, 0.1) is 0 Å². The van der Waals surface area contributed by atoms with Crippen LogP contribution in [-0.4, -0.2) is 36.0 Å². The summed E-state index contributed by atoms with van der Waals surface area (Å²) in [5, 5.41) is 0. The van der Waals surface area contributed by atoms with E-state index >= 15 is 0 Å². The molecule has 1 rings (SSSR count). The first-order chi connectivity index (χ1) is 8.10. The molecule has 1 atom stereocenters. The van der Waals surface area contributed by atoms with Crippen LogP contribution in [0.15, 0.2) is 11.6 Å². The molecule has 1 unspecified atom stereocenters. The Labute approximate surface area is 103 Å². The average Bonchev–Trinajstić information content (AvgIpc) is 2.78. The number of hydrogen-bond donors (Lipinski definition) is 0. The normalized spacial score (nSPS) is 20.5. The van der Waals surface area contributed by atoms with E-state index < -0.39 is 0 Å². The fourth-order valence-corrected chi connectivity index (χ4v) is 1.91. The van der Waals surface area contributed by atoms with Crippen LogP contribution in [0.5, 0.6) is 0 Å². The van der Waals surface area contributed by atoms with Crippen LogP contribution in [0.1, 0.15) is 40.0 Å². The molecule has 0 radical (unpaired) electrons. The van der Waals surface area contributed by atoms with Crippen molar-refractivity contribution in [3.8, 4) is 0 Å². The predicted octanol–water partition coefficient (Wildman–Crippen LogP) is 1.90. The minimum Gasteiger partial charge on any atom is -0.464 e. The number of rotatable bonds is 4. The van der Waals surface area contributed by atoms with E-state index in [0.717, 1.165) is 18.4 Å². The molecule has 1 fully saturated rings. The van der Waals surface area contributed by atoms with Crippen molar-refractivity contribution in [1.29, 1.82) is 0 Å². The summed E-state index contributed by atoms with van der Waals surface area (Å²) in [5.41, 5.74) is 1.03. The monoisotopic (exact) mass is 239 g/mol. The summed E-state index contributed by atoms with van der Waals surface area (Å²) in [5.74, 6) is -0.346. The van der Waals surface area contributed by atoms with E-state index in [2.05, 4.69) is 0 Å². The number of amides is 1. The molecule has 0 aliphatic carbocycles. The zero-order valence-electron chi connectivity index (χ0n) is 10.9. The van der Waals surface area contributed by atoms with Crippen molar-refractivity contribution in [3.63, 3.8) is 0 Å². The lowest BCUT2D eigenvalue weighted by Crippen LogP contribution is -2.40. The lowest BCUT2D eigenvalue weighted by molar-refractivity contribution is -0.151. The van der Waals surface area contributed by atoms with Gasteiger partial charge in [0.05, 0.1) is 6.61 Å². The van der Waals surface area contributed by atoms with E-state index in [-0.39, 0.29) is 17.9 Å². The maximum atomic E-state index is 12.0. The van der Waals surface area contributed by atoms with Gasteiger partial charge in [0.15, 0.2) is 0 Å². The maximum Gasteiger partial charge on any atom is 0.328 e. The Balaban J connectivity index is 2.69. The lowest BCUT2D eigenvalue weighted by Gasteiger charge is -2.21. The lowest BCUT2D eigenvalue weighted by atomic mass is 10.2. The summed E-state index contributed by atoms with van der Waals surface area (Å²) >= 11 is 0. The number of likely N-dealkylation sites (tertiary alicyclic amines) is 1. The van der Waals surface area contributed by atoms with Gasteiger partial charge in [-0.3, -0.25) is 4.79 Å². The summed E-state index contributed by atoms with van der Waals surface area (Å²) in [7, 11) is 0. The van der Waals surface area contributed by atoms with Crippen LogP contribution in [0.4, 0.5) is 0 Å². The van der Waals surface area contributed by atoms with Crippen LogP contribution in [0.25, 0.3) is 0 Å². The van der Waals surface area contributed by atoms with Crippen molar-refractivity contribution in [2.24, 2.45) is 0 Å². The second-order valence-electron chi connectivity index (χ2n) is 4.29. The van der Waals surface area contributed by atoms with E-state index in [4.69, 9.17) is 4.74 Å². The van der Waals surface area contributed by atoms with Gasteiger partial charge in [-0.2, -0.15) is 0 Å². The molecule has 1 saturated heterocycles. The number of hydrogen-bond acceptors (Lipinski definition) is 3. The Bertz CT molecular complexity index is 323. The Morgan fingerprint density at radius 3 is 2.71 bits per heavy atom. The molecule has 17 heavy (non-hydrogen) atoms. The fraction of sp³-hybridized carbons (Fsp3) is 0.692. The van der Waals surface area contributed by atoms with Gasteiger partial charge in [0, 0.05) is 12.6 Å². The molecular formula is C13H21NO3. The molecular weight excluding hydrogens is 218 g/mol. The predicted molar refractivity (Wildman–Crippen MR) is 65.4 cm³/mol. The van der Waals surface area contributed by atoms with Gasteiger partial charge in [0.25, 0.3) is 0 Å². The average molecular weight is 239 g/mol. The first-order valence-corrected chi connectivity index (χ1v) is 6.24. The van der Waals surface area contributed by atoms with Gasteiger partial charge in [0.2, 0.25) is 5.91 Å². The Kier molecular flexibility index (Phi) is 5.19. The molecule has 1 aliphatic heterocycles. The molecule has 1 aliphatic rings. The largest absolute Gasteiger partial charge is 0.464 e. The second-order valence-corrected chi connectivity index (χ2v) is 4.29. The van der Waals surface area contributed by atoms with E-state index in [1.807, 2.05) is 13.8 Å². The summed E-state index contributed by atoms with van der Waals surface area (Å²) in [6.45, 7) is 6.72. The molecule has 0 N–H and O–H groups in total. The van der Waals surface area contributed by atoms with Crippen molar-refractivity contribution < 1.29 is 14.3 Å². The highest BCUT2D eigenvalue weighted by atomic mass is 16.5. The molecule has 4 heteroatoms. The molecule has 0 aromatic carbocycles. The van der Waals surface area contributed by atoms with Gasteiger partial charge in [-0.15, -0.1) is 0 Å². The molecule has 0 aromatic heterocycles. The van der Waals surface area contributed by atoms with Crippen LogP contribution in [0.3, 0.4) is 0 Å². The molecule has 96 valence electrons. The minimum absolute atomic E-state index is 0.0695. The molecule has 0 bridgehead atoms. The zero-order valence-corrected chi connectivity index (χ0v) is 10.9.